The molecule has 1 N–H and O–H groups in total. The molecule has 0 aliphatic carbocycles. The molecule has 1 saturated heterocycles. The van der Waals surface area contributed by atoms with E-state index < -0.39 is 0 Å². The van der Waals surface area contributed by atoms with Gasteiger partial charge >= 0.3 is 6.03 Å². The van der Waals surface area contributed by atoms with Crippen LogP contribution in [0.4, 0.5) is 16.2 Å². The largest absolute Gasteiger partial charge is 0.378 e. The van der Waals surface area contributed by atoms with E-state index in [-0.39, 0.29) is 11.9 Å². The molecular formula is C20H21N3O3. The summed E-state index contributed by atoms with van der Waals surface area (Å²) in [5.74, 6) is 0.00875. The highest BCUT2D eigenvalue weighted by Crippen LogP contribution is 2.31. The van der Waals surface area contributed by atoms with Crippen molar-refractivity contribution in [3.05, 3.63) is 59.7 Å². The molecule has 2 heterocycles. The standard InChI is InChI=1S/C20H21N3O3/c24-19(15-4-2-1-3-5-15)23-9-8-16-14-17(6-7-18(16)23)21-20(25)22-10-12-26-13-11-22/h1-7,14H,8-13H2,(H,21,25). The van der Waals surface area contributed by atoms with Crippen molar-refractivity contribution in [2.45, 2.75) is 6.42 Å². The van der Waals surface area contributed by atoms with Crippen molar-refractivity contribution >= 4 is 23.3 Å². The maximum atomic E-state index is 12.7. The van der Waals surface area contributed by atoms with Gasteiger partial charge in [0, 0.05) is 36.6 Å². The second-order valence-corrected chi connectivity index (χ2v) is 6.45. The van der Waals surface area contributed by atoms with Crippen molar-refractivity contribution in [2.24, 2.45) is 0 Å². The van der Waals surface area contributed by atoms with E-state index in [2.05, 4.69) is 5.32 Å². The predicted octanol–water partition coefficient (Wildman–Crippen LogP) is 2.75. The number of nitrogens with zero attached hydrogens (tertiary/aromatic N) is 2. The van der Waals surface area contributed by atoms with E-state index in [0.717, 1.165) is 23.4 Å². The molecule has 0 saturated carbocycles. The van der Waals surface area contributed by atoms with Crippen molar-refractivity contribution < 1.29 is 14.3 Å². The number of urea groups is 1. The number of carbonyl (C=O) groups excluding carboxylic acids is 2. The minimum Gasteiger partial charge on any atom is -0.378 e. The lowest BCUT2D eigenvalue weighted by atomic mass is 10.1. The number of carbonyl (C=O) groups is 2. The molecule has 1 fully saturated rings. The van der Waals surface area contributed by atoms with Crippen molar-refractivity contribution in [3.8, 4) is 0 Å². The van der Waals surface area contributed by atoms with Crippen molar-refractivity contribution in [1.29, 1.82) is 0 Å². The highest BCUT2D eigenvalue weighted by atomic mass is 16.5. The van der Waals surface area contributed by atoms with E-state index in [1.54, 1.807) is 9.80 Å². The van der Waals surface area contributed by atoms with Gasteiger partial charge in [-0.25, -0.2) is 4.79 Å². The van der Waals surface area contributed by atoms with Gasteiger partial charge in [-0.2, -0.15) is 0 Å². The molecule has 4 rings (SSSR count). The Balaban J connectivity index is 1.48. The molecule has 3 amide bonds. The summed E-state index contributed by atoms with van der Waals surface area (Å²) < 4.78 is 5.27. The van der Waals surface area contributed by atoms with E-state index in [1.165, 1.54) is 0 Å². The molecule has 0 radical (unpaired) electrons. The molecular weight excluding hydrogens is 330 g/mol. The Kier molecular flexibility index (Phi) is 4.58. The van der Waals surface area contributed by atoms with E-state index in [4.69, 9.17) is 4.74 Å². The van der Waals surface area contributed by atoms with Gasteiger partial charge in [0.2, 0.25) is 0 Å². The second kappa shape index (κ2) is 7.17. The Morgan fingerprint density at radius 2 is 1.73 bits per heavy atom. The van der Waals surface area contributed by atoms with Gasteiger partial charge in [0.1, 0.15) is 0 Å². The lowest BCUT2D eigenvalue weighted by Gasteiger charge is -2.27. The van der Waals surface area contributed by atoms with Crippen LogP contribution in [0.5, 0.6) is 0 Å². The number of hydrogen-bond acceptors (Lipinski definition) is 3. The number of nitrogens with one attached hydrogen (secondary N) is 1. The number of ether oxygens (including phenoxy) is 1. The van der Waals surface area contributed by atoms with Crippen molar-refractivity contribution in [1.82, 2.24) is 4.90 Å². The van der Waals surface area contributed by atoms with Crippen molar-refractivity contribution in [3.63, 3.8) is 0 Å². The summed E-state index contributed by atoms with van der Waals surface area (Å²) in [6.07, 6.45) is 0.787. The van der Waals surface area contributed by atoms with Gasteiger partial charge in [-0.15, -0.1) is 0 Å². The molecule has 6 heteroatoms. The maximum absolute atomic E-state index is 12.7. The van der Waals surface area contributed by atoms with Crippen LogP contribution in [-0.2, 0) is 11.2 Å². The van der Waals surface area contributed by atoms with Crippen LogP contribution >= 0.6 is 0 Å². The van der Waals surface area contributed by atoms with Crippen molar-refractivity contribution in [2.75, 3.05) is 43.1 Å². The first-order chi connectivity index (χ1) is 12.7. The minimum atomic E-state index is -0.108. The number of anilines is 2. The van der Waals surface area contributed by atoms with Crippen LogP contribution in [0.2, 0.25) is 0 Å². The van der Waals surface area contributed by atoms with Gasteiger partial charge in [-0.1, -0.05) is 18.2 Å². The summed E-state index contributed by atoms with van der Waals surface area (Å²) in [5.41, 5.74) is 3.44. The first-order valence-corrected chi connectivity index (χ1v) is 8.86. The van der Waals surface area contributed by atoms with Gasteiger partial charge in [-0.05, 0) is 42.3 Å². The van der Waals surface area contributed by atoms with Gasteiger partial charge in [-0.3, -0.25) is 4.79 Å². The Morgan fingerprint density at radius 3 is 2.50 bits per heavy atom. The van der Waals surface area contributed by atoms with Gasteiger partial charge in [0.25, 0.3) is 5.91 Å². The summed E-state index contributed by atoms with van der Waals surface area (Å²) in [5, 5.41) is 2.95. The van der Waals surface area contributed by atoms with Gasteiger partial charge in [0.15, 0.2) is 0 Å². The number of benzene rings is 2. The highest BCUT2D eigenvalue weighted by molar-refractivity contribution is 6.07. The molecule has 134 valence electrons. The summed E-state index contributed by atoms with van der Waals surface area (Å²) in [4.78, 5) is 28.6. The summed E-state index contributed by atoms with van der Waals surface area (Å²) in [6.45, 7) is 3.03. The molecule has 2 aliphatic rings. The smallest absolute Gasteiger partial charge is 0.321 e. The van der Waals surface area contributed by atoms with Gasteiger partial charge < -0.3 is 19.9 Å². The maximum Gasteiger partial charge on any atom is 0.321 e. The van der Waals surface area contributed by atoms with Gasteiger partial charge in [0.05, 0.1) is 13.2 Å². The first kappa shape index (κ1) is 16.6. The first-order valence-electron chi connectivity index (χ1n) is 8.86. The van der Waals surface area contributed by atoms with Crippen LogP contribution in [0, 0.1) is 0 Å². The monoisotopic (exact) mass is 351 g/mol. The molecule has 2 aliphatic heterocycles. The predicted molar refractivity (Wildman–Crippen MR) is 99.7 cm³/mol. The summed E-state index contributed by atoms with van der Waals surface area (Å²) >= 11 is 0. The van der Waals surface area contributed by atoms with E-state index >= 15 is 0 Å². The molecule has 26 heavy (non-hydrogen) atoms. The van der Waals surface area contributed by atoms with Crippen LogP contribution in [0.1, 0.15) is 15.9 Å². The van der Waals surface area contributed by atoms with E-state index in [9.17, 15) is 9.59 Å². The number of amides is 3. The molecule has 6 nitrogen and oxygen atoms in total. The third-order valence-corrected chi connectivity index (χ3v) is 4.79. The Labute approximate surface area is 152 Å². The highest BCUT2D eigenvalue weighted by Gasteiger charge is 2.26. The summed E-state index contributed by atoms with van der Waals surface area (Å²) in [7, 11) is 0. The normalized spacial score (nSPS) is 16.3. The Bertz CT molecular complexity index is 816. The SMILES string of the molecule is O=C(Nc1ccc2c(c1)CCN2C(=O)c1ccccc1)N1CCOCC1. The lowest BCUT2D eigenvalue weighted by Crippen LogP contribution is -2.43. The number of morpholine rings is 1. The Morgan fingerprint density at radius 1 is 0.962 bits per heavy atom. The van der Waals surface area contributed by atoms with Crippen LogP contribution in [0.15, 0.2) is 48.5 Å². The number of fused-ring (bicyclic) bond motifs is 1. The molecule has 0 aromatic heterocycles. The zero-order chi connectivity index (χ0) is 17.9. The molecule has 0 bridgehead atoms. The van der Waals surface area contributed by atoms with E-state index in [0.29, 0.717) is 38.4 Å². The molecule has 2 aromatic carbocycles. The zero-order valence-electron chi connectivity index (χ0n) is 14.5. The quantitative estimate of drug-likeness (QED) is 0.905. The zero-order valence-corrected chi connectivity index (χ0v) is 14.5. The minimum absolute atomic E-state index is 0.00875. The number of rotatable bonds is 2. The average Bonchev–Trinajstić information content (AvgIpc) is 3.12. The third kappa shape index (κ3) is 3.28. The van der Waals surface area contributed by atoms with Crippen LogP contribution in [0.3, 0.4) is 0 Å². The fourth-order valence-electron chi connectivity index (χ4n) is 3.40. The van der Waals surface area contributed by atoms with Crippen LogP contribution in [-0.4, -0.2) is 49.7 Å². The Hall–Kier alpha value is -2.86. The molecule has 0 spiro atoms. The fourth-order valence-corrected chi connectivity index (χ4v) is 3.40. The lowest BCUT2D eigenvalue weighted by molar-refractivity contribution is 0.0564. The van der Waals surface area contributed by atoms with Crippen LogP contribution < -0.4 is 10.2 Å². The molecule has 0 unspecified atom stereocenters. The van der Waals surface area contributed by atoms with Crippen LogP contribution in [0.25, 0.3) is 0 Å². The second-order valence-electron chi connectivity index (χ2n) is 6.45. The fraction of sp³-hybridized carbons (Fsp3) is 0.300. The molecule has 0 atom stereocenters. The third-order valence-electron chi connectivity index (χ3n) is 4.79. The average molecular weight is 351 g/mol. The number of hydrogen-bond donors (Lipinski definition) is 1. The van der Waals surface area contributed by atoms with E-state index in [1.807, 2.05) is 48.5 Å². The molecule has 2 aromatic rings. The topological polar surface area (TPSA) is 61.9 Å². The summed E-state index contributed by atoms with van der Waals surface area (Å²) in [6, 6.07) is 14.9.